The number of thiazole rings is 1. The van der Waals surface area contributed by atoms with Crippen LogP contribution in [0.3, 0.4) is 0 Å². The lowest BCUT2D eigenvalue weighted by Crippen LogP contribution is -2.30. The molecule has 0 saturated carbocycles. The van der Waals surface area contributed by atoms with E-state index in [1.807, 2.05) is 4.90 Å². The largest absolute Gasteiger partial charge is 0.481 e. The Kier molecular flexibility index (Phi) is 3.23. The van der Waals surface area contributed by atoms with E-state index >= 15 is 0 Å². The zero-order valence-electron chi connectivity index (χ0n) is 8.90. The van der Waals surface area contributed by atoms with Crippen molar-refractivity contribution in [2.45, 2.75) is 25.3 Å². The smallest absolute Gasteiger partial charge is 0.345 e. The Morgan fingerprint density at radius 2 is 2.53 bits per heavy atom. The third-order valence-corrected chi connectivity index (χ3v) is 3.68. The molecule has 0 amide bonds. The highest BCUT2D eigenvalue weighted by molar-refractivity contribution is 7.18. The minimum atomic E-state index is -0.854. The van der Waals surface area contributed by atoms with Gasteiger partial charge in [0.2, 0.25) is 0 Å². The normalized spacial score (nSPS) is 19.5. The molecule has 1 aromatic rings. The van der Waals surface area contributed by atoms with E-state index in [-0.39, 0.29) is 17.5 Å². The summed E-state index contributed by atoms with van der Waals surface area (Å²) < 4.78 is 0. The monoisotopic (exact) mass is 257 g/mol. The second kappa shape index (κ2) is 4.66. The minimum Gasteiger partial charge on any atom is -0.481 e. The molecule has 1 aromatic heterocycles. The van der Waals surface area contributed by atoms with Crippen LogP contribution in [0.1, 0.15) is 19.3 Å². The third-order valence-electron chi connectivity index (χ3n) is 2.69. The highest BCUT2D eigenvalue weighted by Crippen LogP contribution is 2.33. The van der Waals surface area contributed by atoms with Crippen LogP contribution in [0, 0.1) is 10.1 Å². The van der Waals surface area contributed by atoms with Gasteiger partial charge in [-0.05, 0) is 24.2 Å². The molecule has 1 saturated heterocycles. The van der Waals surface area contributed by atoms with E-state index in [2.05, 4.69) is 4.98 Å². The fourth-order valence-electron chi connectivity index (χ4n) is 1.98. The van der Waals surface area contributed by atoms with E-state index in [4.69, 9.17) is 5.11 Å². The van der Waals surface area contributed by atoms with E-state index in [0.717, 1.165) is 24.2 Å². The summed E-state index contributed by atoms with van der Waals surface area (Å²) in [4.78, 5) is 26.6. The quantitative estimate of drug-likeness (QED) is 0.648. The molecule has 7 nitrogen and oxygen atoms in total. The predicted octanol–water partition coefficient (Wildman–Crippen LogP) is 1.49. The van der Waals surface area contributed by atoms with Gasteiger partial charge in [0.1, 0.15) is 6.20 Å². The van der Waals surface area contributed by atoms with Gasteiger partial charge in [0, 0.05) is 12.6 Å². The summed E-state index contributed by atoms with van der Waals surface area (Å²) in [5.41, 5.74) is 0. The molecule has 8 heteroatoms. The van der Waals surface area contributed by atoms with Crippen LogP contribution in [0.15, 0.2) is 6.20 Å². The molecule has 0 radical (unpaired) electrons. The Morgan fingerprint density at radius 3 is 3.12 bits per heavy atom. The summed E-state index contributed by atoms with van der Waals surface area (Å²) >= 11 is 0.992. The third kappa shape index (κ3) is 2.52. The maximum absolute atomic E-state index is 10.7. The van der Waals surface area contributed by atoms with Crippen molar-refractivity contribution in [2.75, 3.05) is 11.4 Å². The fourth-order valence-corrected chi connectivity index (χ4v) is 2.81. The standard InChI is InChI=1S/C9H11N3O4S/c13-8(14)4-6-2-1-3-11(6)9-10-5-7(17-9)12(15)16/h5-6H,1-4H2,(H,13,14). The first-order valence-corrected chi connectivity index (χ1v) is 5.98. The molecule has 1 N–H and O–H groups in total. The molecular weight excluding hydrogens is 246 g/mol. The molecule has 1 atom stereocenters. The molecule has 1 unspecified atom stereocenters. The molecule has 0 aliphatic carbocycles. The van der Waals surface area contributed by atoms with Crippen LogP contribution in [0.5, 0.6) is 0 Å². The van der Waals surface area contributed by atoms with E-state index < -0.39 is 10.9 Å². The number of anilines is 1. The van der Waals surface area contributed by atoms with Crippen molar-refractivity contribution in [1.29, 1.82) is 0 Å². The SMILES string of the molecule is O=C(O)CC1CCCN1c1ncc([N+](=O)[O-])s1. The highest BCUT2D eigenvalue weighted by Gasteiger charge is 2.29. The van der Waals surface area contributed by atoms with Gasteiger partial charge in [-0.15, -0.1) is 0 Å². The van der Waals surface area contributed by atoms with Gasteiger partial charge >= 0.3 is 11.0 Å². The number of rotatable bonds is 4. The lowest BCUT2D eigenvalue weighted by atomic mass is 10.1. The van der Waals surface area contributed by atoms with Gasteiger partial charge in [0.05, 0.1) is 11.3 Å². The molecule has 1 aliphatic rings. The number of aliphatic carboxylic acids is 1. The van der Waals surface area contributed by atoms with Gasteiger partial charge in [0.15, 0.2) is 5.13 Å². The lowest BCUT2D eigenvalue weighted by molar-refractivity contribution is -0.380. The van der Waals surface area contributed by atoms with E-state index in [9.17, 15) is 14.9 Å². The van der Waals surface area contributed by atoms with Crippen LogP contribution >= 0.6 is 11.3 Å². The van der Waals surface area contributed by atoms with Crippen molar-refractivity contribution in [3.05, 3.63) is 16.3 Å². The maximum atomic E-state index is 10.7. The van der Waals surface area contributed by atoms with Crippen molar-refractivity contribution in [3.63, 3.8) is 0 Å². The summed E-state index contributed by atoms with van der Waals surface area (Å²) in [6, 6.07) is -0.0988. The zero-order chi connectivity index (χ0) is 12.4. The number of nitro groups is 1. The molecule has 92 valence electrons. The van der Waals surface area contributed by atoms with Crippen molar-refractivity contribution in [2.24, 2.45) is 0 Å². The Balaban J connectivity index is 2.14. The molecule has 2 heterocycles. The Hall–Kier alpha value is -1.70. The molecule has 0 spiro atoms. The van der Waals surface area contributed by atoms with Crippen molar-refractivity contribution >= 4 is 27.4 Å². The van der Waals surface area contributed by atoms with Crippen LogP contribution in [0.4, 0.5) is 10.1 Å². The lowest BCUT2D eigenvalue weighted by Gasteiger charge is -2.21. The zero-order valence-corrected chi connectivity index (χ0v) is 9.72. The number of aromatic nitrogens is 1. The van der Waals surface area contributed by atoms with Gasteiger partial charge in [-0.25, -0.2) is 4.98 Å². The summed E-state index contributed by atoms with van der Waals surface area (Å²) in [6.45, 7) is 0.711. The first-order valence-electron chi connectivity index (χ1n) is 5.16. The van der Waals surface area contributed by atoms with E-state index in [1.165, 1.54) is 6.20 Å². The highest BCUT2D eigenvalue weighted by atomic mass is 32.1. The van der Waals surface area contributed by atoms with Crippen LogP contribution in [-0.2, 0) is 4.79 Å². The van der Waals surface area contributed by atoms with Crippen LogP contribution in [0.2, 0.25) is 0 Å². The van der Waals surface area contributed by atoms with Gasteiger partial charge < -0.3 is 10.0 Å². The number of carboxylic acids is 1. The molecule has 0 aromatic carbocycles. The number of hydrogen-bond acceptors (Lipinski definition) is 6. The first kappa shape index (κ1) is 11.8. The number of nitrogens with zero attached hydrogens (tertiary/aromatic N) is 3. The summed E-state index contributed by atoms with van der Waals surface area (Å²) in [6.07, 6.45) is 2.95. The summed E-state index contributed by atoms with van der Waals surface area (Å²) in [5, 5.41) is 19.9. The fraction of sp³-hybridized carbons (Fsp3) is 0.556. The number of hydrogen-bond donors (Lipinski definition) is 1. The molecule has 0 bridgehead atoms. The Labute approximate surface area is 101 Å². The van der Waals surface area contributed by atoms with Crippen LogP contribution in [0.25, 0.3) is 0 Å². The maximum Gasteiger partial charge on any atom is 0.345 e. The van der Waals surface area contributed by atoms with Crippen LogP contribution in [-0.4, -0.2) is 33.6 Å². The van der Waals surface area contributed by atoms with Gasteiger partial charge in [-0.2, -0.15) is 0 Å². The Morgan fingerprint density at radius 1 is 1.76 bits per heavy atom. The average molecular weight is 257 g/mol. The molecule has 1 fully saturated rings. The number of carboxylic acid groups (broad SMARTS) is 1. The second-order valence-corrected chi connectivity index (χ2v) is 4.81. The molecule has 2 rings (SSSR count). The van der Waals surface area contributed by atoms with Crippen molar-refractivity contribution < 1.29 is 14.8 Å². The van der Waals surface area contributed by atoms with Crippen molar-refractivity contribution in [1.82, 2.24) is 4.98 Å². The average Bonchev–Trinajstić information content (AvgIpc) is 2.83. The Bertz CT molecular complexity index is 447. The molecule has 1 aliphatic heterocycles. The summed E-state index contributed by atoms with van der Waals surface area (Å²) in [7, 11) is 0. The minimum absolute atomic E-state index is 0.0130. The van der Waals surface area contributed by atoms with Gasteiger partial charge in [0.25, 0.3) is 0 Å². The summed E-state index contributed by atoms with van der Waals surface area (Å²) in [5.74, 6) is -0.854. The predicted molar refractivity (Wildman–Crippen MR) is 61.4 cm³/mol. The second-order valence-electron chi connectivity index (χ2n) is 3.83. The van der Waals surface area contributed by atoms with Gasteiger partial charge in [-0.1, -0.05) is 0 Å². The molecular formula is C9H11N3O4S. The van der Waals surface area contributed by atoms with E-state index in [0.29, 0.717) is 11.7 Å². The van der Waals surface area contributed by atoms with Crippen LogP contribution < -0.4 is 4.90 Å². The van der Waals surface area contributed by atoms with Gasteiger partial charge in [-0.3, -0.25) is 14.9 Å². The van der Waals surface area contributed by atoms with Crippen molar-refractivity contribution in [3.8, 4) is 0 Å². The number of carbonyl (C=O) groups is 1. The topological polar surface area (TPSA) is 96.6 Å². The first-order chi connectivity index (χ1) is 8.08. The molecule has 17 heavy (non-hydrogen) atoms. The van der Waals surface area contributed by atoms with E-state index in [1.54, 1.807) is 0 Å².